The van der Waals surface area contributed by atoms with Gasteiger partial charge in [0.25, 0.3) is 0 Å². The van der Waals surface area contributed by atoms with E-state index < -0.39 is 6.10 Å². The molecule has 22 heavy (non-hydrogen) atoms. The largest absolute Gasteiger partial charge is 2.00 e. The number of aliphatic hydroxyl groups is 1. The smallest absolute Gasteiger partial charge is 0.391 e. The number of nitrogens with two attached hydrogens (primary N) is 1. The Balaban J connectivity index is 0.000000344. The summed E-state index contributed by atoms with van der Waals surface area (Å²) >= 11 is 0. The third-order valence-corrected chi connectivity index (χ3v) is 3.31. The molecule has 114 valence electrons. The molecule has 2 atom stereocenters. The maximum atomic E-state index is 10.0. The molecule has 0 heterocycles. The van der Waals surface area contributed by atoms with Gasteiger partial charge in [-0.1, -0.05) is 30.3 Å². The van der Waals surface area contributed by atoms with Crippen LogP contribution in [-0.2, 0) is 23.5 Å². The van der Waals surface area contributed by atoms with E-state index in [-0.39, 0.29) is 23.1 Å². The Morgan fingerprint density at radius 3 is 1.82 bits per heavy atom. The molecular formula is C19H21FeNO+2. The minimum atomic E-state index is -0.588. The van der Waals surface area contributed by atoms with Crippen LogP contribution in [0.2, 0.25) is 0 Å². The van der Waals surface area contributed by atoms with Crippen LogP contribution in [0, 0.1) is 63.7 Å². The van der Waals surface area contributed by atoms with Crippen molar-refractivity contribution < 1.29 is 22.2 Å². The van der Waals surface area contributed by atoms with Gasteiger partial charge in [-0.2, -0.15) is 0 Å². The first-order chi connectivity index (χ1) is 10.3. The molecule has 2 saturated carbocycles. The number of rotatable bonds is 4. The monoisotopic (exact) mass is 335 g/mol. The normalized spacial score (nSPS) is 20.6. The molecular weight excluding hydrogens is 314 g/mol. The molecule has 10 radical (unpaired) electrons. The second-order valence-electron chi connectivity index (χ2n) is 4.98. The van der Waals surface area contributed by atoms with Crippen molar-refractivity contribution >= 4 is 0 Å². The van der Waals surface area contributed by atoms with Crippen LogP contribution in [0.15, 0.2) is 30.3 Å². The van der Waals surface area contributed by atoms with Crippen molar-refractivity contribution in [2.45, 2.75) is 18.6 Å². The number of hydrogen-bond acceptors (Lipinski definition) is 2. The molecule has 0 aromatic heterocycles. The van der Waals surface area contributed by atoms with Gasteiger partial charge in [0.1, 0.15) is 0 Å². The topological polar surface area (TPSA) is 46.2 Å². The van der Waals surface area contributed by atoms with E-state index in [1.807, 2.05) is 88.1 Å². The number of hydrogen-bond donors (Lipinski definition) is 2. The van der Waals surface area contributed by atoms with E-state index in [9.17, 15) is 5.11 Å². The quantitative estimate of drug-likeness (QED) is 0.830. The van der Waals surface area contributed by atoms with Gasteiger partial charge >= 0.3 is 17.1 Å². The second-order valence-corrected chi connectivity index (χ2v) is 4.98. The van der Waals surface area contributed by atoms with Gasteiger partial charge < -0.3 is 10.8 Å². The number of benzene rings is 1. The summed E-state index contributed by atoms with van der Waals surface area (Å²) in [7, 11) is 0. The van der Waals surface area contributed by atoms with Crippen LogP contribution in [0.25, 0.3) is 0 Å². The van der Waals surface area contributed by atoms with Gasteiger partial charge in [0.2, 0.25) is 0 Å². The standard InChI is InChI=1S/C14H16NO.C5H5.Fe/c15-13(10-11-6-2-1-3-7-11)14(16)12-8-4-5-9-12;1-2-4-5-3-1;/h1-9,13-14,16H,10,15H2;1-5H;/q;;+2/t13-,14+;;/m1../s1. The van der Waals surface area contributed by atoms with Crippen molar-refractivity contribution in [2.24, 2.45) is 5.73 Å². The average Bonchev–Trinajstić information content (AvgIpc) is 3.23. The van der Waals surface area contributed by atoms with E-state index in [0.29, 0.717) is 6.42 Å². The SMILES string of the molecule is N[C@H](Cc1ccccc1)[C@@H](O)[C]1[CH][CH][CH][CH]1.[CH]1[CH][CH][CH][CH]1.[Fe+2]. The van der Waals surface area contributed by atoms with E-state index in [1.54, 1.807) is 0 Å². The Morgan fingerprint density at radius 2 is 1.32 bits per heavy atom. The molecule has 3 heteroatoms. The summed E-state index contributed by atoms with van der Waals surface area (Å²) in [6, 6.07) is 9.73. The van der Waals surface area contributed by atoms with E-state index in [4.69, 9.17) is 5.73 Å². The van der Waals surface area contributed by atoms with Crippen LogP contribution in [0.4, 0.5) is 0 Å². The molecule has 2 aliphatic rings. The third kappa shape index (κ3) is 6.83. The summed E-state index contributed by atoms with van der Waals surface area (Å²) in [4.78, 5) is 0. The first-order valence-electron chi connectivity index (χ1n) is 7.13. The molecule has 0 bridgehead atoms. The summed E-state index contributed by atoms with van der Waals surface area (Å²) in [5.74, 6) is 0.892. The Morgan fingerprint density at radius 1 is 0.818 bits per heavy atom. The first kappa shape index (κ1) is 19.7. The van der Waals surface area contributed by atoms with E-state index in [0.717, 1.165) is 11.5 Å². The summed E-state index contributed by atoms with van der Waals surface area (Å²) in [5, 5.41) is 10.0. The first-order valence-corrected chi connectivity index (χ1v) is 7.13. The molecule has 0 saturated heterocycles. The van der Waals surface area contributed by atoms with Crippen LogP contribution >= 0.6 is 0 Å². The van der Waals surface area contributed by atoms with Gasteiger partial charge in [-0.25, -0.2) is 0 Å². The van der Waals surface area contributed by atoms with Gasteiger partial charge in [0.15, 0.2) is 0 Å². The molecule has 0 aliphatic heterocycles. The zero-order chi connectivity index (χ0) is 14.9. The third-order valence-electron chi connectivity index (χ3n) is 3.31. The van der Waals surface area contributed by atoms with Crippen molar-refractivity contribution in [3.8, 4) is 0 Å². The van der Waals surface area contributed by atoms with Gasteiger partial charge in [0.05, 0.1) is 6.10 Å². The fourth-order valence-corrected chi connectivity index (χ4v) is 2.15. The van der Waals surface area contributed by atoms with Crippen molar-refractivity contribution in [3.63, 3.8) is 0 Å². The summed E-state index contributed by atoms with van der Waals surface area (Å²) < 4.78 is 0. The molecule has 2 aliphatic carbocycles. The Bertz CT molecular complexity index is 367. The molecule has 1 aromatic rings. The van der Waals surface area contributed by atoms with Crippen molar-refractivity contribution in [3.05, 3.63) is 99.6 Å². The van der Waals surface area contributed by atoms with Crippen LogP contribution < -0.4 is 5.73 Å². The van der Waals surface area contributed by atoms with Crippen LogP contribution in [-0.4, -0.2) is 17.3 Å². The summed E-state index contributed by atoms with van der Waals surface area (Å²) in [6.45, 7) is 0. The van der Waals surface area contributed by atoms with E-state index >= 15 is 0 Å². The second kappa shape index (κ2) is 11.2. The Kier molecular flexibility index (Phi) is 10.1. The van der Waals surface area contributed by atoms with Gasteiger partial charge in [-0.3, -0.25) is 0 Å². The van der Waals surface area contributed by atoms with Gasteiger partial charge in [0, 0.05) is 12.0 Å². The van der Waals surface area contributed by atoms with Crippen LogP contribution in [0.3, 0.4) is 0 Å². The fourth-order valence-electron chi connectivity index (χ4n) is 2.15. The molecule has 3 N–H and O–H groups in total. The minimum absolute atomic E-state index is 0. The van der Waals surface area contributed by atoms with Crippen molar-refractivity contribution in [1.82, 2.24) is 0 Å². The van der Waals surface area contributed by atoms with E-state index in [1.165, 1.54) is 0 Å². The molecule has 2 fully saturated rings. The molecule has 0 spiro atoms. The summed E-state index contributed by atoms with van der Waals surface area (Å²) in [5.41, 5.74) is 7.14. The molecule has 1 aromatic carbocycles. The minimum Gasteiger partial charge on any atom is -0.391 e. The molecule has 3 rings (SSSR count). The van der Waals surface area contributed by atoms with Crippen LogP contribution in [0.5, 0.6) is 0 Å². The Hall–Kier alpha value is -0.341. The number of aliphatic hydroxyl groups excluding tert-OH is 1. The van der Waals surface area contributed by atoms with Gasteiger partial charge in [-0.15, -0.1) is 0 Å². The average molecular weight is 335 g/mol. The zero-order valence-electron chi connectivity index (χ0n) is 12.3. The molecule has 2 nitrogen and oxygen atoms in total. The van der Waals surface area contributed by atoms with E-state index in [2.05, 4.69) is 0 Å². The van der Waals surface area contributed by atoms with Crippen LogP contribution in [0.1, 0.15) is 5.56 Å². The predicted octanol–water partition coefficient (Wildman–Crippen LogP) is 2.34. The fraction of sp³-hybridized carbons (Fsp3) is 0.158. The zero-order valence-corrected chi connectivity index (χ0v) is 13.4. The maximum Gasteiger partial charge on any atom is 2.00 e. The Labute approximate surface area is 146 Å². The maximum absolute atomic E-state index is 10.0. The molecule has 0 unspecified atom stereocenters. The van der Waals surface area contributed by atoms with Crippen molar-refractivity contribution in [1.29, 1.82) is 0 Å². The molecule has 0 amide bonds. The van der Waals surface area contributed by atoms with Gasteiger partial charge in [-0.05, 0) is 69.8 Å². The summed E-state index contributed by atoms with van der Waals surface area (Å²) in [6.07, 6.45) is 17.7. The predicted molar refractivity (Wildman–Crippen MR) is 86.1 cm³/mol. The van der Waals surface area contributed by atoms with Crippen molar-refractivity contribution in [2.75, 3.05) is 0 Å².